The molecule has 5 nitrogen and oxygen atoms in total. The Hall–Kier alpha value is -7.63. The molecule has 0 N–H and O–H groups in total. The molecule has 11 aromatic rings. The van der Waals surface area contributed by atoms with Crippen molar-refractivity contribution in [2.75, 3.05) is 0 Å². The molecule has 3 heterocycles. The van der Waals surface area contributed by atoms with Gasteiger partial charge in [0.25, 0.3) is 0 Å². The summed E-state index contributed by atoms with van der Waals surface area (Å²) in [4.78, 5) is 14.8. The van der Waals surface area contributed by atoms with Gasteiger partial charge in [0.1, 0.15) is 0 Å². The predicted molar refractivity (Wildman–Crippen MR) is 235 cm³/mol. The number of fused-ring (bicyclic) bond motifs is 6. The Morgan fingerprint density at radius 3 is 1.53 bits per heavy atom. The minimum Gasteiger partial charge on any atom is -0.309 e. The van der Waals surface area contributed by atoms with Crippen LogP contribution in [-0.2, 0) is 0 Å². The third-order valence-electron chi connectivity index (χ3n) is 9.93. The highest BCUT2D eigenvalue weighted by molar-refractivity contribution is 6.12. The van der Waals surface area contributed by atoms with E-state index >= 15 is 0 Å². The summed E-state index contributed by atoms with van der Waals surface area (Å²) in [6.45, 7) is 1.49. The second kappa shape index (κ2) is 13.3. The first-order chi connectivity index (χ1) is 34.0. The smallest absolute Gasteiger partial charge is 0.164 e. The van der Waals surface area contributed by atoms with Crippen LogP contribution in [0.2, 0.25) is 0 Å². The van der Waals surface area contributed by atoms with Gasteiger partial charge in [0, 0.05) is 49.6 Å². The molecule has 0 aliphatic carbocycles. The molecule has 0 aliphatic heterocycles. The lowest BCUT2D eigenvalue weighted by Crippen LogP contribution is -2.01. The monoisotopic (exact) mass is 743 g/mol. The maximum atomic E-state index is 10.0. The van der Waals surface area contributed by atoms with Crippen LogP contribution >= 0.6 is 0 Å². The molecule has 8 aromatic carbocycles. The zero-order chi connectivity index (χ0) is 50.1. The van der Waals surface area contributed by atoms with Crippen LogP contribution < -0.4 is 0 Å². The molecule has 0 fully saturated rings. The number of hydrogen-bond acceptors (Lipinski definition) is 3. The van der Waals surface area contributed by atoms with Crippen molar-refractivity contribution in [2.24, 2.45) is 0 Å². The van der Waals surface area contributed by atoms with E-state index in [0.717, 1.165) is 26.8 Å². The molecular formula is C52H35N5. The average molecular weight is 744 g/mol. The number of benzene rings is 8. The molecule has 0 saturated heterocycles. The van der Waals surface area contributed by atoms with Crippen LogP contribution in [-0.4, -0.2) is 24.1 Å². The fourth-order valence-corrected chi connectivity index (χ4v) is 7.28. The minimum atomic E-state index is -0.698. The lowest BCUT2D eigenvalue weighted by atomic mass is 10.0. The summed E-state index contributed by atoms with van der Waals surface area (Å²) in [5, 5.41) is -0.658. The molecule has 5 heteroatoms. The molecule has 0 spiro atoms. The number of para-hydroxylation sites is 2. The van der Waals surface area contributed by atoms with Crippen molar-refractivity contribution in [1.29, 1.82) is 0 Å². The highest BCUT2D eigenvalue weighted by atomic mass is 15.0. The lowest BCUT2D eigenvalue weighted by Gasteiger charge is -2.12. The third kappa shape index (κ3) is 5.59. The van der Waals surface area contributed by atoms with Gasteiger partial charge in [-0.1, -0.05) is 145 Å². The van der Waals surface area contributed by atoms with Gasteiger partial charge in [0.05, 0.1) is 41.3 Å². The zero-order valence-corrected chi connectivity index (χ0v) is 30.1. The molecular weight excluding hydrogens is 695 g/mol. The van der Waals surface area contributed by atoms with E-state index < -0.39 is 72.2 Å². The standard InChI is InChI=1S/C52H35N5/c1-34-23-29-48-44(31-34)45-33-41(57-46-21-10-8-19-42(46)43-20-9-11-22-47(43)57)28-30-49(45)56(48)40-18-12-17-39(32-40)52-54-50(37-15-6-3-7-16-37)53-51(55-52)38-26-24-36(25-27-38)35-13-4-2-5-14-35/h2-33H,1H3/i8D,9D,10D,11D,19D,20D,21D,22D,23D,28D,29D,30D,31D,33D. The quantitative estimate of drug-likeness (QED) is 0.170. The highest BCUT2D eigenvalue weighted by Crippen LogP contribution is 2.38. The Balaban J connectivity index is 1.20. The fraction of sp³-hybridized carbons (Fsp3) is 0.0192. The van der Waals surface area contributed by atoms with E-state index in [1.807, 2.05) is 84.9 Å². The molecule has 0 amide bonds. The van der Waals surface area contributed by atoms with Crippen LogP contribution in [0, 0.1) is 6.92 Å². The SMILES string of the molecule is [2H]c1c([2H])c([2H])c2c(c1[2H])c1c([2H])c([2H])c([2H])c([2H])c1n2-c1c([2H])c([2H])c2c(c1[2H])c1c([2H])c(C)c([2H])c([2H])c1n2-c1cccc(-c2nc(-c3ccccc3)nc(-c3ccc(-c4ccccc4)cc3)n2)c1. The summed E-state index contributed by atoms with van der Waals surface area (Å²) < 4.78 is 130. The van der Waals surface area contributed by atoms with E-state index in [0.29, 0.717) is 22.9 Å². The van der Waals surface area contributed by atoms with Crippen molar-refractivity contribution in [3.05, 3.63) is 199 Å². The normalized spacial score (nSPS) is 15.0. The van der Waals surface area contributed by atoms with Crippen LogP contribution in [0.5, 0.6) is 0 Å². The number of rotatable bonds is 6. The van der Waals surface area contributed by atoms with E-state index in [4.69, 9.17) is 27.3 Å². The molecule has 0 saturated carbocycles. The second-order valence-electron chi connectivity index (χ2n) is 13.5. The molecule has 57 heavy (non-hydrogen) atoms. The van der Waals surface area contributed by atoms with Gasteiger partial charge in [-0.15, -0.1) is 0 Å². The minimum absolute atomic E-state index is 0.0130. The van der Waals surface area contributed by atoms with Gasteiger partial charge in [-0.05, 0) is 72.5 Å². The van der Waals surface area contributed by atoms with Gasteiger partial charge in [0.15, 0.2) is 17.5 Å². The van der Waals surface area contributed by atoms with Crippen LogP contribution in [0.3, 0.4) is 0 Å². The zero-order valence-electron chi connectivity index (χ0n) is 44.1. The Morgan fingerprint density at radius 2 is 0.860 bits per heavy atom. The van der Waals surface area contributed by atoms with E-state index in [1.165, 1.54) is 11.5 Å². The van der Waals surface area contributed by atoms with Crippen molar-refractivity contribution in [3.8, 4) is 56.7 Å². The Bertz CT molecular complexity index is 4020. The van der Waals surface area contributed by atoms with Gasteiger partial charge in [-0.3, -0.25) is 0 Å². The summed E-state index contributed by atoms with van der Waals surface area (Å²) >= 11 is 0. The van der Waals surface area contributed by atoms with Crippen LogP contribution in [0.25, 0.3) is 100 Å². The second-order valence-corrected chi connectivity index (χ2v) is 13.5. The Labute approximate surface area is 349 Å². The van der Waals surface area contributed by atoms with Crippen LogP contribution in [0.4, 0.5) is 0 Å². The maximum absolute atomic E-state index is 10.0. The molecule has 0 unspecified atom stereocenters. The van der Waals surface area contributed by atoms with Gasteiger partial charge in [0.2, 0.25) is 0 Å². The first-order valence-electron chi connectivity index (χ1n) is 25.1. The largest absolute Gasteiger partial charge is 0.309 e. The summed E-state index contributed by atoms with van der Waals surface area (Å²) in [6, 6.07) is 26.2. The predicted octanol–water partition coefficient (Wildman–Crippen LogP) is 13.0. The highest BCUT2D eigenvalue weighted by Gasteiger charge is 2.18. The van der Waals surface area contributed by atoms with Crippen LogP contribution in [0.15, 0.2) is 194 Å². The van der Waals surface area contributed by atoms with Crippen molar-refractivity contribution in [3.63, 3.8) is 0 Å². The van der Waals surface area contributed by atoms with Gasteiger partial charge >= 0.3 is 0 Å². The van der Waals surface area contributed by atoms with Gasteiger partial charge in [-0.25, -0.2) is 15.0 Å². The van der Waals surface area contributed by atoms with Crippen molar-refractivity contribution in [1.82, 2.24) is 24.1 Å². The first kappa shape index (κ1) is 21.5. The molecule has 0 aliphatic rings. The summed E-state index contributed by atoms with van der Waals surface area (Å²) in [7, 11) is 0. The molecule has 0 atom stereocenters. The first-order valence-corrected chi connectivity index (χ1v) is 18.1. The van der Waals surface area contributed by atoms with E-state index in [9.17, 15) is 6.85 Å². The molecule has 0 bridgehead atoms. The summed E-state index contributed by atoms with van der Waals surface area (Å²) in [5.41, 5.74) is 3.12. The van der Waals surface area contributed by atoms with Crippen LogP contribution in [0.1, 0.15) is 24.8 Å². The van der Waals surface area contributed by atoms with Gasteiger partial charge in [-0.2, -0.15) is 0 Å². The third-order valence-corrected chi connectivity index (χ3v) is 9.93. The van der Waals surface area contributed by atoms with Gasteiger partial charge < -0.3 is 9.13 Å². The van der Waals surface area contributed by atoms with E-state index in [1.54, 1.807) is 24.3 Å². The number of aromatic nitrogens is 5. The van der Waals surface area contributed by atoms with Crippen molar-refractivity contribution >= 4 is 43.6 Å². The molecule has 3 aromatic heterocycles. The lowest BCUT2D eigenvalue weighted by molar-refractivity contribution is 1.07. The topological polar surface area (TPSA) is 48.5 Å². The molecule has 268 valence electrons. The van der Waals surface area contributed by atoms with E-state index in [2.05, 4.69) is 0 Å². The molecule has 0 radical (unpaired) electrons. The van der Waals surface area contributed by atoms with E-state index in [-0.39, 0.29) is 73.1 Å². The summed E-state index contributed by atoms with van der Waals surface area (Å²) in [5.74, 6) is 1.04. The van der Waals surface area contributed by atoms with Crippen molar-refractivity contribution in [2.45, 2.75) is 6.92 Å². The number of hydrogen-bond donors (Lipinski definition) is 0. The summed E-state index contributed by atoms with van der Waals surface area (Å²) in [6.07, 6.45) is 0. The van der Waals surface area contributed by atoms with Crippen molar-refractivity contribution < 1.29 is 19.2 Å². The Morgan fingerprint density at radius 1 is 0.386 bits per heavy atom. The molecule has 11 rings (SSSR count). The Kier molecular flexibility index (Phi) is 5.00. The fourth-order valence-electron chi connectivity index (χ4n) is 7.28. The number of nitrogens with zero attached hydrogens (tertiary/aromatic N) is 5. The maximum Gasteiger partial charge on any atom is 0.164 e. The average Bonchev–Trinajstić information content (AvgIpc) is 3.95.